The fourth-order valence-corrected chi connectivity index (χ4v) is 3.06. The van der Waals surface area contributed by atoms with Crippen molar-refractivity contribution in [2.24, 2.45) is 5.92 Å². The van der Waals surface area contributed by atoms with Gasteiger partial charge < -0.3 is 9.88 Å². The molecule has 0 aliphatic rings. The van der Waals surface area contributed by atoms with Crippen molar-refractivity contribution in [3.63, 3.8) is 0 Å². The van der Waals surface area contributed by atoms with Crippen LogP contribution in [0.3, 0.4) is 0 Å². The SMILES string of the molecule is CCCCC(CC)Cn1c(CNCC)cc2ccccc21. The van der Waals surface area contributed by atoms with Crippen molar-refractivity contribution in [3.8, 4) is 0 Å². The van der Waals surface area contributed by atoms with Crippen molar-refractivity contribution < 1.29 is 0 Å². The standard InChI is InChI=1S/C19H30N2/c1-4-7-10-16(5-2)15-21-18(14-20-6-3)13-17-11-8-9-12-19(17)21/h8-9,11-13,16,20H,4-7,10,14-15H2,1-3H3. The van der Waals surface area contributed by atoms with Crippen LogP contribution in [0.5, 0.6) is 0 Å². The summed E-state index contributed by atoms with van der Waals surface area (Å²) in [7, 11) is 0. The first-order valence-corrected chi connectivity index (χ1v) is 8.57. The molecule has 0 fully saturated rings. The Hall–Kier alpha value is -1.28. The lowest BCUT2D eigenvalue weighted by Gasteiger charge is -2.19. The molecule has 2 nitrogen and oxygen atoms in total. The van der Waals surface area contributed by atoms with Gasteiger partial charge in [-0.05, 0) is 36.4 Å². The fourth-order valence-electron chi connectivity index (χ4n) is 3.06. The number of nitrogens with zero attached hydrogens (tertiary/aromatic N) is 1. The minimum absolute atomic E-state index is 0.793. The zero-order valence-corrected chi connectivity index (χ0v) is 13.9. The molecule has 0 aliphatic carbocycles. The van der Waals surface area contributed by atoms with Gasteiger partial charge in [0.15, 0.2) is 0 Å². The van der Waals surface area contributed by atoms with Crippen LogP contribution in [-0.4, -0.2) is 11.1 Å². The summed E-state index contributed by atoms with van der Waals surface area (Å²) in [5.41, 5.74) is 2.81. The molecule has 0 spiro atoms. The lowest BCUT2D eigenvalue weighted by Crippen LogP contribution is -2.18. The minimum Gasteiger partial charge on any atom is -0.343 e. The van der Waals surface area contributed by atoms with Gasteiger partial charge in [-0.3, -0.25) is 0 Å². The van der Waals surface area contributed by atoms with Gasteiger partial charge in [-0.1, -0.05) is 58.2 Å². The van der Waals surface area contributed by atoms with Crippen molar-refractivity contribution >= 4 is 10.9 Å². The van der Waals surface area contributed by atoms with E-state index in [1.165, 1.54) is 42.3 Å². The monoisotopic (exact) mass is 286 g/mol. The van der Waals surface area contributed by atoms with Crippen LogP contribution >= 0.6 is 0 Å². The lowest BCUT2D eigenvalue weighted by molar-refractivity contribution is 0.390. The van der Waals surface area contributed by atoms with Crippen LogP contribution < -0.4 is 5.32 Å². The molecule has 1 N–H and O–H groups in total. The molecule has 0 saturated heterocycles. The van der Waals surface area contributed by atoms with E-state index >= 15 is 0 Å². The number of hydrogen-bond acceptors (Lipinski definition) is 1. The molecule has 0 bridgehead atoms. The number of nitrogens with one attached hydrogen (secondary N) is 1. The van der Waals surface area contributed by atoms with E-state index in [2.05, 4.69) is 61.0 Å². The molecule has 1 unspecified atom stereocenters. The first-order valence-electron chi connectivity index (χ1n) is 8.57. The normalized spacial score (nSPS) is 12.9. The summed E-state index contributed by atoms with van der Waals surface area (Å²) in [4.78, 5) is 0. The Balaban J connectivity index is 2.25. The molecule has 1 heterocycles. The summed E-state index contributed by atoms with van der Waals surface area (Å²) in [6.07, 6.45) is 5.26. The average Bonchev–Trinajstić information content (AvgIpc) is 2.87. The van der Waals surface area contributed by atoms with E-state index in [1.807, 2.05) is 0 Å². The molecular weight excluding hydrogens is 256 g/mol. The predicted molar refractivity (Wildman–Crippen MR) is 92.6 cm³/mol. The van der Waals surface area contributed by atoms with Crippen molar-refractivity contribution in [2.75, 3.05) is 6.54 Å². The summed E-state index contributed by atoms with van der Waals surface area (Å²) < 4.78 is 2.54. The topological polar surface area (TPSA) is 17.0 Å². The van der Waals surface area contributed by atoms with Gasteiger partial charge in [0.05, 0.1) is 0 Å². The molecule has 1 aromatic carbocycles. The second-order valence-electron chi connectivity index (χ2n) is 6.00. The van der Waals surface area contributed by atoms with Crippen LogP contribution in [0, 0.1) is 5.92 Å². The molecule has 0 radical (unpaired) electrons. The Morgan fingerprint density at radius 1 is 1.14 bits per heavy atom. The number of para-hydroxylation sites is 1. The summed E-state index contributed by atoms with van der Waals surface area (Å²) >= 11 is 0. The molecule has 116 valence electrons. The number of fused-ring (bicyclic) bond motifs is 1. The van der Waals surface area contributed by atoms with Crippen LogP contribution in [0.15, 0.2) is 30.3 Å². The molecule has 2 heteroatoms. The maximum atomic E-state index is 3.48. The fraction of sp³-hybridized carbons (Fsp3) is 0.579. The Labute approximate surface area is 129 Å². The third-order valence-electron chi connectivity index (χ3n) is 4.44. The highest BCUT2D eigenvalue weighted by Gasteiger charge is 2.13. The van der Waals surface area contributed by atoms with Gasteiger partial charge >= 0.3 is 0 Å². The number of unbranched alkanes of at least 4 members (excludes halogenated alkanes) is 1. The molecule has 0 aliphatic heterocycles. The smallest absolute Gasteiger partial charge is 0.0483 e. The highest BCUT2D eigenvalue weighted by molar-refractivity contribution is 5.81. The molecule has 2 aromatic rings. The summed E-state index contributed by atoms with van der Waals surface area (Å²) in [5, 5.41) is 4.85. The van der Waals surface area contributed by atoms with E-state index in [0.717, 1.165) is 25.6 Å². The van der Waals surface area contributed by atoms with Gasteiger partial charge in [0.1, 0.15) is 0 Å². The summed E-state index contributed by atoms with van der Waals surface area (Å²) in [5.74, 6) is 0.793. The Kier molecular flexibility index (Phi) is 6.31. The van der Waals surface area contributed by atoms with Gasteiger partial charge in [0.25, 0.3) is 0 Å². The molecule has 21 heavy (non-hydrogen) atoms. The van der Waals surface area contributed by atoms with Crippen molar-refractivity contribution in [1.29, 1.82) is 0 Å². The third kappa shape index (κ3) is 4.10. The molecule has 0 amide bonds. The highest BCUT2D eigenvalue weighted by atomic mass is 15.0. The quantitative estimate of drug-likeness (QED) is 0.689. The van der Waals surface area contributed by atoms with E-state index in [1.54, 1.807) is 0 Å². The highest BCUT2D eigenvalue weighted by Crippen LogP contribution is 2.24. The van der Waals surface area contributed by atoms with Crippen LogP contribution in [0.1, 0.15) is 52.1 Å². The van der Waals surface area contributed by atoms with Gasteiger partial charge in [-0.25, -0.2) is 0 Å². The molecule has 1 atom stereocenters. The number of aromatic nitrogens is 1. The largest absolute Gasteiger partial charge is 0.343 e. The first kappa shape index (κ1) is 16.1. The summed E-state index contributed by atoms with van der Waals surface area (Å²) in [6, 6.07) is 11.1. The van der Waals surface area contributed by atoms with Gasteiger partial charge in [-0.15, -0.1) is 0 Å². The number of rotatable bonds is 9. The zero-order chi connectivity index (χ0) is 15.1. The van der Waals surface area contributed by atoms with E-state index in [-0.39, 0.29) is 0 Å². The van der Waals surface area contributed by atoms with Crippen LogP contribution in [0.25, 0.3) is 10.9 Å². The van der Waals surface area contributed by atoms with Crippen molar-refractivity contribution in [1.82, 2.24) is 9.88 Å². The molecule has 0 saturated carbocycles. The summed E-state index contributed by atoms with van der Waals surface area (Å²) in [6.45, 7) is 9.93. The molecular formula is C19H30N2. The molecule has 1 aromatic heterocycles. The van der Waals surface area contributed by atoms with E-state index in [0.29, 0.717) is 0 Å². The van der Waals surface area contributed by atoms with Gasteiger partial charge in [-0.2, -0.15) is 0 Å². The van der Waals surface area contributed by atoms with Crippen LogP contribution in [0.2, 0.25) is 0 Å². The van der Waals surface area contributed by atoms with Crippen molar-refractivity contribution in [2.45, 2.75) is 59.5 Å². The van der Waals surface area contributed by atoms with E-state index < -0.39 is 0 Å². The van der Waals surface area contributed by atoms with Gasteiger partial charge in [0.2, 0.25) is 0 Å². The Bertz CT molecular complexity index is 541. The van der Waals surface area contributed by atoms with E-state index in [4.69, 9.17) is 0 Å². The lowest BCUT2D eigenvalue weighted by atomic mass is 9.99. The van der Waals surface area contributed by atoms with Gasteiger partial charge in [0, 0.05) is 24.3 Å². The molecule has 2 rings (SSSR count). The Morgan fingerprint density at radius 2 is 1.95 bits per heavy atom. The van der Waals surface area contributed by atoms with Crippen LogP contribution in [0.4, 0.5) is 0 Å². The van der Waals surface area contributed by atoms with Crippen molar-refractivity contribution in [3.05, 3.63) is 36.0 Å². The maximum Gasteiger partial charge on any atom is 0.0483 e. The van der Waals surface area contributed by atoms with Crippen LogP contribution in [-0.2, 0) is 13.1 Å². The predicted octanol–water partition coefficient (Wildman–Crippen LogP) is 4.97. The zero-order valence-electron chi connectivity index (χ0n) is 13.9. The third-order valence-corrected chi connectivity index (χ3v) is 4.44. The minimum atomic E-state index is 0.793. The maximum absolute atomic E-state index is 3.48. The van der Waals surface area contributed by atoms with E-state index in [9.17, 15) is 0 Å². The average molecular weight is 286 g/mol. The first-order chi connectivity index (χ1) is 10.3. The number of hydrogen-bond donors (Lipinski definition) is 1. The number of benzene rings is 1. The second kappa shape index (κ2) is 8.23. The Morgan fingerprint density at radius 3 is 2.67 bits per heavy atom. The second-order valence-corrected chi connectivity index (χ2v) is 6.00.